The number of carbonyl (C=O) groups is 1. The van der Waals surface area contributed by atoms with Crippen molar-refractivity contribution in [2.45, 2.75) is 58.3 Å². The predicted octanol–water partition coefficient (Wildman–Crippen LogP) is 6.01. The number of ether oxygens (including phenoxy) is 1. The molecule has 0 heterocycles. The molecule has 0 saturated carbocycles. The molecule has 3 nitrogen and oxygen atoms in total. The lowest BCUT2D eigenvalue weighted by molar-refractivity contribution is 0.0595. The average molecular weight is 369 g/mol. The molecule has 1 aliphatic carbocycles. The Morgan fingerprint density at radius 1 is 1.04 bits per heavy atom. The van der Waals surface area contributed by atoms with Gasteiger partial charge in [-0.25, -0.2) is 9.18 Å². The van der Waals surface area contributed by atoms with Crippen LogP contribution in [-0.2, 0) is 15.6 Å². The Morgan fingerprint density at radius 2 is 1.63 bits per heavy atom. The zero-order chi connectivity index (χ0) is 20.0. The smallest absolute Gasteiger partial charge is 0.340 e. The Kier molecular flexibility index (Phi) is 4.79. The summed E-state index contributed by atoms with van der Waals surface area (Å²) >= 11 is 0. The lowest BCUT2D eigenvalue weighted by Gasteiger charge is -2.42. The number of methoxy groups -OCH3 is 1. The van der Waals surface area contributed by atoms with E-state index in [0.717, 1.165) is 17.7 Å². The molecule has 0 saturated heterocycles. The molecule has 2 aromatic rings. The highest BCUT2D eigenvalue weighted by Gasteiger charge is 2.37. The number of fused-ring (bicyclic) bond motifs is 1. The van der Waals surface area contributed by atoms with Crippen LogP contribution in [0.25, 0.3) is 0 Å². The number of nitrogens with one attached hydrogen (secondary N) is 1. The van der Waals surface area contributed by atoms with E-state index in [-0.39, 0.29) is 16.4 Å². The molecule has 1 aliphatic rings. The molecule has 0 atom stereocenters. The molecule has 2 aromatic carbocycles. The van der Waals surface area contributed by atoms with E-state index in [0.29, 0.717) is 5.69 Å². The van der Waals surface area contributed by atoms with Crippen LogP contribution in [0.4, 0.5) is 15.8 Å². The third-order valence-electron chi connectivity index (χ3n) is 5.85. The Balaban J connectivity index is 1.99. The minimum Gasteiger partial charge on any atom is -0.465 e. The van der Waals surface area contributed by atoms with Gasteiger partial charge in [-0.1, -0.05) is 33.8 Å². The van der Waals surface area contributed by atoms with Gasteiger partial charge in [0.2, 0.25) is 0 Å². The van der Waals surface area contributed by atoms with Crippen LogP contribution in [0.1, 0.15) is 67.6 Å². The second-order valence-electron chi connectivity index (χ2n) is 8.79. The highest BCUT2D eigenvalue weighted by Crippen LogP contribution is 2.47. The van der Waals surface area contributed by atoms with Gasteiger partial charge in [-0.05, 0) is 71.6 Å². The van der Waals surface area contributed by atoms with Crippen LogP contribution in [0, 0.1) is 12.7 Å². The third kappa shape index (κ3) is 3.58. The van der Waals surface area contributed by atoms with Gasteiger partial charge in [-0.2, -0.15) is 0 Å². The second kappa shape index (κ2) is 6.66. The van der Waals surface area contributed by atoms with Crippen LogP contribution in [0.2, 0.25) is 0 Å². The number of benzene rings is 2. The van der Waals surface area contributed by atoms with Crippen LogP contribution in [0.5, 0.6) is 0 Å². The van der Waals surface area contributed by atoms with Gasteiger partial charge in [-0.15, -0.1) is 0 Å². The highest BCUT2D eigenvalue weighted by atomic mass is 19.1. The van der Waals surface area contributed by atoms with E-state index in [1.807, 2.05) is 0 Å². The lowest BCUT2D eigenvalue weighted by atomic mass is 9.63. The van der Waals surface area contributed by atoms with Gasteiger partial charge in [0.15, 0.2) is 0 Å². The molecular formula is C23H28FNO2. The van der Waals surface area contributed by atoms with Crippen molar-refractivity contribution in [3.8, 4) is 0 Å². The molecule has 0 spiro atoms. The van der Waals surface area contributed by atoms with Gasteiger partial charge in [0.05, 0.1) is 12.7 Å². The molecule has 4 heteroatoms. The fourth-order valence-electron chi connectivity index (χ4n) is 3.88. The van der Waals surface area contributed by atoms with Gasteiger partial charge in [0, 0.05) is 11.4 Å². The van der Waals surface area contributed by atoms with Crippen molar-refractivity contribution in [2.24, 2.45) is 0 Å². The highest BCUT2D eigenvalue weighted by molar-refractivity contribution is 5.90. The molecule has 144 valence electrons. The largest absolute Gasteiger partial charge is 0.465 e. The number of rotatable bonds is 3. The maximum absolute atomic E-state index is 14.2. The van der Waals surface area contributed by atoms with Gasteiger partial charge >= 0.3 is 5.97 Å². The summed E-state index contributed by atoms with van der Waals surface area (Å²) in [5.74, 6) is -1.27. The molecular weight excluding hydrogens is 341 g/mol. The van der Waals surface area contributed by atoms with E-state index in [2.05, 4.69) is 56.8 Å². The molecule has 0 aromatic heterocycles. The zero-order valence-corrected chi connectivity index (χ0v) is 17.0. The summed E-state index contributed by atoms with van der Waals surface area (Å²) in [5.41, 5.74) is 5.63. The molecule has 0 bridgehead atoms. The topological polar surface area (TPSA) is 38.3 Å². The number of aryl methyl sites for hydroxylation is 1. The van der Waals surface area contributed by atoms with Crippen molar-refractivity contribution < 1.29 is 13.9 Å². The van der Waals surface area contributed by atoms with Crippen molar-refractivity contribution in [1.29, 1.82) is 0 Å². The van der Waals surface area contributed by atoms with Crippen LogP contribution < -0.4 is 5.32 Å². The minimum absolute atomic E-state index is 0.0619. The Labute approximate surface area is 160 Å². The summed E-state index contributed by atoms with van der Waals surface area (Å²) in [7, 11) is 1.24. The normalized spacial score (nSPS) is 17.1. The SMILES string of the molecule is COC(=O)c1ccc(Nc2cc3c(cc2C)C(C)(C)CCC3(C)C)cc1F. The molecule has 1 N–H and O–H groups in total. The summed E-state index contributed by atoms with van der Waals surface area (Å²) in [4.78, 5) is 11.6. The Bertz CT molecular complexity index is 899. The van der Waals surface area contributed by atoms with Gasteiger partial charge in [-0.3, -0.25) is 0 Å². The second-order valence-corrected chi connectivity index (χ2v) is 8.79. The minimum atomic E-state index is -0.673. The van der Waals surface area contributed by atoms with Gasteiger partial charge < -0.3 is 10.1 Å². The first-order valence-corrected chi connectivity index (χ1v) is 9.36. The summed E-state index contributed by atoms with van der Waals surface area (Å²) in [6.45, 7) is 11.2. The molecule has 3 rings (SSSR count). The third-order valence-corrected chi connectivity index (χ3v) is 5.85. The molecule has 0 aliphatic heterocycles. The van der Waals surface area contributed by atoms with E-state index in [4.69, 9.17) is 0 Å². The maximum Gasteiger partial charge on any atom is 0.340 e. The van der Waals surface area contributed by atoms with Crippen molar-refractivity contribution >= 4 is 17.3 Å². The van der Waals surface area contributed by atoms with Crippen molar-refractivity contribution in [3.63, 3.8) is 0 Å². The van der Waals surface area contributed by atoms with Crippen LogP contribution in [0.3, 0.4) is 0 Å². The molecule has 0 radical (unpaired) electrons. The standard InChI is InChI=1S/C23H28FNO2/c1-14-11-17-18(23(4,5)10-9-22(17,2)3)13-20(14)25-15-7-8-16(19(24)12-15)21(26)27-6/h7-8,11-13,25H,9-10H2,1-6H3. The maximum atomic E-state index is 14.2. The first-order chi connectivity index (χ1) is 12.5. The van der Waals surface area contributed by atoms with Crippen molar-refractivity contribution in [3.05, 3.63) is 58.4 Å². The molecule has 27 heavy (non-hydrogen) atoms. The summed E-state index contributed by atoms with van der Waals surface area (Å²) in [6.07, 6.45) is 2.30. The number of hydrogen-bond acceptors (Lipinski definition) is 3. The van der Waals surface area contributed by atoms with Crippen molar-refractivity contribution in [1.82, 2.24) is 0 Å². The summed E-state index contributed by atoms with van der Waals surface area (Å²) in [6, 6.07) is 8.95. The number of esters is 1. The number of halogens is 1. The van der Waals surface area contributed by atoms with E-state index in [9.17, 15) is 9.18 Å². The Morgan fingerprint density at radius 3 is 2.19 bits per heavy atom. The van der Waals surface area contributed by atoms with Crippen LogP contribution in [-0.4, -0.2) is 13.1 Å². The van der Waals surface area contributed by atoms with E-state index in [1.165, 1.54) is 36.8 Å². The van der Waals surface area contributed by atoms with E-state index < -0.39 is 11.8 Å². The predicted molar refractivity (Wildman–Crippen MR) is 107 cm³/mol. The zero-order valence-electron chi connectivity index (χ0n) is 17.0. The van der Waals surface area contributed by atoms with Crippen LogP contribution >= 0.6 is 0 Å². The summed E-state index contributed by atoms with van der Waals surface area (Å²) in [5, 5.41) is 3.32. The first kappa shape index (κ1) is 19.4. The fourth-order valence-corrected chi connectivity index (χ4v) is 3.88. The van der Waals surface area contributed by atoms with Gasteiger partial charge in [0.1, 0.15) is 5.82 Å². The Hall–Kier alpha value is -2.36. The number of carbonyl (C=O) groups excluding carboxylic acids is 1. The molecule has 0 unspecified atom stereocenters. The van der Waals surface area contributed by atoms with Crippen molar-refractivity contribution in [2.75, 3.05) is 12.4 Å². The number of anilines is 2. The first-order valence-electron chi connectivity index (χ1n) is 9.36. The number of hydrogen-bond donors (Lipinski definition) is 1. The molecule has 0 amide bonds. The fraction of sp³-hybridized carbons (Fsp3) is 0.435. The van der Waals surface area contributed by atoms with Crippen LogP contribution in [0.15, 0.2) is 30.3 Å². The lowest BCUT2D eigenvalue weighted by Crippen LogP contribution is -2.34. The molecule has 0 fully saturated rings. The van der Waals surface area contributed by atoms with Gasteiger partial charge in [0.25, 0.3) is 0 Å². The van der Waals surface area contributed by atoms with E-state index in [1.54, 1.807) is 6.07 Å². The average Bonchev–Trinajstić information content (AvgIpc) is 2.60. The van der Waals surface area contributed by atoms with E-state index >= 15 is 0 Å². The summed E-state index contributed by atoms with van der Waals surface area (Å²) < 4.78 is 18.8. The quantitative estimate of drug-likeness (QED) is 0.673. The monoisotopic (exact) mass is 369 g/mol.